The molecule has 170 valence electrons. The number of hydrogen-bond acceptors (Lipinski definition) is 7. The van der Waals surface area contributed by atoms with Crippen LogP contribution in [-0.2, 0) is 14.6 Å². The molecule has 1 aliphatic rings. The number of thiazole rings is 1. The van der Waals surface area contributed by atoms with E-state index in [1.54, 1.807) is 23.7 Å². The number of rotatable bonds is 5. The highest BCUT2D eigenvalue weighted by molar-refractivity contribution is 7.91. The molecule has 4 rings (SSSR count). The summed E-state index contributed by atoms with van der Waals surface area (Å²) in [7, 11) is -3.58. The molecular formula is C23H28N4O3S2. The number of carbonyl (C=O) groups is 1. The second-order valence-electron chi connectivity index (χ2n) is 8.58. The Hall–Kier alpha value is -2.52. The summed E-state index contributed by atoms with van der Waals surface area (Å²) in [6.45, 7) is 9.37. The van der Waals surface area contributed by atoms with Crippen LogP contribution in [0.4, 0.5) is 5.82 Å². The van der Waals surface area contributed by atoms with Gasteiger partial charge < -0.3 is 9.80 Å². The van der Waals surface area contributed by atoms with Crippen molar-refractivity contribution in [1.82, 2.24) is 14.9 Å². The molecule has 2 atom stereocenters. The largest absolute Gasteiger partial charge is 0.350 e. The molecule has 0 bridgehead atoms. The van der Waals surface area contributed by atoms with Crippen LogP contribution in [0.25, 0.3) is 10.2 Å². The number of amides is 1. The molecule has 0 N–H and O–H groups in total. The smallest absolute Gasteiger partial charge is 0.223 e. The molecule has 1 unspecified atom stereocenters. The van der Waals surface area contributed by atoms with E-state index in [-0.39, 0.29) is 35.1 Å². The van der Waals surface area contributed by atoms with Gasteiger partial charge in [-0.1, -0.05) is 12.1 Å². The van der Waals surface area contributed by atoms with Crippen LogP contribution in [0.15, 0.2) is 40.9 Å². The Bertz CT molecular complexity index is 1260. The average molecular weight is 473 g/mol. The molecule has 1 saturated heterocycles. The van der Waals surface area contributed by atoms with Crippen molar-refractivity contribution in [3.63, 3.8) is 0 Å². The highest BCUT2D eigenvalue weighted by Crippen LogP contribution is 2.28. The second-order valence-corrected chi connectivity index (χ2v) is 11.5. The van der Waals surface area contributed by atoms with Gasteiger partial charge in [-0.3, -0.25) is 4.79 Å². The Morgan fingerprint density at radius 2 is 1.94 bits per heavy atom. The van der Waals surface area contributed by atoms with Crippen molar-refractivity contribution in [1.29, 1.82) is 0 Å². The minimum Gasteiger partial charge on any atom is -0.350 e. The zero-order valence-corrected chi connectivity index (χ0v) is 20.4. The van der Waals surface area contributed by atoms with Gasteiger partial charge in [0.05, 0.1) is 26.4 Å². The first-order valence-corrected chi connectivity index (χ1v) is 13.2. The standard InChI is InChI=1S/C23H28N4O3S2/c1-15-10-16(2)23(24-11-15)27-13-17(3)26(12-18(27)4)21(28)8-9-32(29,30)20-7-5-6-19-22(20)31-14-25-19/h5-7,10-11,14,17-18H,8-9,12-13H2,1-4H3/t17?,18-/m1/s1. The van der Waals surface area contributed by atoms with Crippen molar-refractivity contribution in [3.8, 4) is 0 Å². The maximum Gasteiger partial charge on any atom is 0.223 e. The number of hydrogen-bond donors (Lipinski definition) is 0. The maximum absolute atomic E-state index is 13.0. The molecule has 0 saturated carbocycles. The third-order valence-electron chi connectivity index (χ3n) is 6.01. The highest BCUT2D eigenvalue weighted by atomic mass is 32.2. The molecule has 2 aromatic heterocycles. The number of sulfone groups is 1. The number of nitrogens with zero attached hydrogens (tertiary/aromatic N) is 4. The quantitative estimate of drug-likeness (QED) is 0.564. The molecule has 3 aromatic rings. The molecule has 1 aliphatic heterocycles. The van der Waals surface area contributed by atoms with Crippen molar-refractivity contribution in [3.05, 3.63) is 47.1 Å². The Kier molecular flexibility index (Phi) is 6.22. The molecule has 1 fully saturated rings. The predicted octanol–water partition coefficient (Wildman–Crippen LogP) is 3.60. The van der Waals surface area contributed by atoms with Gasteiger partial charge in [-0.2, -0.15) is 0 Å². The number of carbonyl (C=O) groups excluding carboxylic acids is 1. The molecule has 3 heterocycles. The van der Waals surface area contributed by atoms with Crippen LogP contribution in [0.5, 0.6) is 0 Å². The molecule has 0 radical (unpaired) electrons. The molecule has 1 aromatic carbocycles. The van der Waals surface area contributed by atoms with E-state index in [9.17, 15) is 13.2 Å². The van der Waals surface area contributed by atoms with Crippen LogP contribution in [0.1, 0.15) is 31.4 Å². The fraction of sp³-hybridized carbons (Fsp3) is 0.435. The van der Waals surface area contributed by atoms with E-state index < -0.39 is 9.84 Å². The summed E-state index contributed by atoms with van der Waals surface area (Å²) in [5, 5.41) is 0. The zero-order valence-electron chi connectivity index (χ0n) is 18.8. The van der Waals surface area contributed by atoms with E-state index in [0.717, 1.165) is 16.9 Å². The van der Waals surface area contributed by atoms with E-state index in [2.05, 4.69) is 34.8 Å². The molecule has 7 nitrogen and oxygen atoms in total. The average Bonchev–Trinajstić information content (AvgIpc) is 3.22. The number of fused-ring (bicyclic) bond motifs is 1. The van der Waals surface area contributed by atoms with Gasteiger partial charge >= 0.3 is 0 Å². The van der Waals surface area contributed by atoms with Gasteiger partial charge in [-0.05, 0) is 51.0 Å². The number of piperazine rings is 1. The molecule has 1 amide bonds. The Labute approximate surface area is 193 Å². The van der Waals surface area contributed by atoms with Crippen LogP contribution in [0.2, 0.25) is 0 Å². The molecule has 9 heteroatoms. The first kappa shape index (κ1) is 22.7. The first-order chi connectivity index (χ1) is 15.2. The van der Waals surface area contributed by atoms with Gasteiger partial charge in [0.25, 0.3) is 0 Å². The number of benzene rings is 1. The van der Waals surface area contributed by atoms with Crippen LogP contribution in [0.3, 0.4) is 0 Å². The van der Waals surface area contributed by atoms with E-state index >= 15 is 0 Å². The zero-order chi connectivity index (χ0) is 23.0. The van der Waals surface area contributed by atoms with Crippen molar-refractivity contribution < 1.29 is 13.2 Å². The number of aryl methyl sites for hydroxylation is 2. The molecular weight excluding hydrogens is 444 g/mol. The third kappa shape index (κ3) is 4.36. The Morgan fingerprint density at radius 1 is 1.16 bits per heavy atom. The summed E-state index contributed by atoms with van der Waals surface area (Å²) >= 11 is 1.31. The lowest BCUT2D eigenvalue weighted by Crippen LogP contribution is -2.58. The Balaban J connectivity index is 1.44. The molecule has 0 aliphatic carbocycles. The van der Waals surface area contributed by atoms with Gasteiger partial charge in [0.1, 0.15) is 5.82 Å². The second kappa shape index (κ2) is 8.78. The van der Waals surface area contributed by atoms with Crippen LogP contribution < -0.4 is 4.90 Å². The van der Waals surface area contributed by atoms with Crippen molar-refractivity contribution in [2.24, 2.45) is 0 Å². The van der Waals surface area contributed by atoms with Crippen LogP contribution in [0, 0.1) is 13.8 Å². The van der Waals surface area contributed by atoms with Crippen LogP contribution in [-0.4, -0.2) is 60.1 Å². The SMILES string of the molecule is Cc1cnc(N2CC(C)N(C(=O)CCS(=O)(=O)c3cccc4ncsc34)C[C@H]2C)c(C)c1. The minimum atomic E-state index is -3.58. The fourth-order valence-electron chi connectivity index (χ4n) is 4.36. The van der Waals surface area contributed by atoms with Crippen molar-refractivity contribution in [2.75, 3.05) is 23.7 Å². The van der Waals surface area contributed by atoms with E-state index in [0.29, 0.717) is 23.3 Å². The summed E-state index contributed by atoms with van der Waals surface area (Å²) in [5.41, 5.74) is 4.55. The molecule has 32 heavy (non-hydrogen) atoms. The van der Waals surface area contributed by atoms with Crippen molar-refractivity contribution in [2.45, 2.75) is 51.1 Å². The van der Waals surface area contributed by atoms with Gasteiger partial charge in [-0.25, -0.2) is 18.4 Å². The normalized spacial score (nSPS) is 19.5. The van der Waals surface area contributed by atoms with Gasteiger partial charge in [-0.15, -0.1) is 11.3 Å². The third-order valence-corrected chi connectivity index (χ3v) is 8.76. The molecule has 0 spiro atoms. The summed E-state index contributed by atoms with van der Waals surface area (Å²) < 4.78 is 26.6. The maximum atomic E-state index is 13.0. The van der Waals surface area contributed by atoms with E-state index in [1.165, 1.54) is 11.3 Å². The van der Waals surface area contributed by atoms with Gasteiger partial charge in [0.15, 0.2) is 9.84 Å². The topological polar surface area (TPSA) is 83.5 Å². The van der Waals surface area contributed by atoms with Crippen LogP contribution >= 0.6 is 11.3 Å². The van der Waals surface area contributed by atoms with E-state index in [1.807, 2.05) is 24.9 Å². The summed E-state index contributed by atoms with van der Waals surface area (Å²) in [4.78, 5) is 26.1. The first-order valence-electron chi connectivity index (χ1n) is 10.7. The minimum absolute atomic E-state index is 0.0314. The van der Waals surface area contributed by atoms with Gasteiger partial charge in [0, 0.05) is 37.8 Å². The Morgan fingerprint density at radius 3 is 2.69 bits per heavy atom. The monoisotopic (exact) mass is 472 g/mol. The number of anilines is 1. The lowest BCUT2D eigenvalue weighted by molar-refractivity contribution is -0.133. The van der Waals surface area contributed by atoms with E-state index in [4.69, 9.17) is 0 Å². The number of aromatic nitrogens is 2. The predicted molar refractivity (Wildman–Crippen MR) is 128 cm³/mol. The van der Waals surface area contributed by atoms with Gasteiger partial charge in [0.2, 0.25) is 5.91 Å². The summed E-state index contributed by atoms with van der Waals surface area (Å²) in [5.74, 6) is 0.614. The van der Waals surface area contributed by atoms with Crippen molar-refractivity contribution >= 4 is 43.1 Å². The lowest BCUT2D eigenvalue weighted by atomic mass is 10.1. The lowest BCUT2D eigenvalue weighted by Gasteiger charge is -2.45. The number of pyridine rings is 1. The highest BCUT2D eigenvalue weighted by Gasteiger charge is 2.33. The summed E-state index contributed by atoms with van der Waals surface area (Å²) in [6.07, 6.45) is 1.84. The summed E-state index contributed by atoms with van der Waals surface area (Å²) in [6, 6.07) is 7.26. The fourth-order valence-corrected chi connectivity index (χ4v) is 6.92.